The van der Waals surface area contributed by atoms with Crippen molar-refractivity contribution < 1.29 is 23.8 Å². The molecule has 1 unspecified atom stereocenters. The van der Waals surface area contributed by atoms with Gasteiger partial charge < -0.3 is 30.2 Å². The minimum absolute atomic E-state index is 0.0803. The first-order valence-corrected chi connectivity index (χ1v) is 10.4. The number of carbonyl (C=O) groups is 2. The largest absolute Gasteiger partial charge is 0.491 e. The van der Waals surface area contributed by atoms with E-state index in [-0.39, 0.29) is 24.5 Å². The minimum atomic E-state index is -0.220. The number of benzene rings is 2. The Morgan fingerprint density at radius 1 is 1.10 bits per heavy atom. The van der Waals surface area contributed by atoms with Crippen molar-refractivity contribution in [2.24, 2.45) is 0 Å². The van der Waals surface area contributed by atoms with Gasteiger partial charge in [0.05, 0.1) is 19.3 Å². The zero-order valence-electron chi connectivity index (χ0n) is 17.7. The van der Waals surface area contributed by atoms with Gasteiger partial charge in [0.15, 0.2) is 0 Å². The molecular weight excluding hydrogens is 398 g/mol. The van der Waals surface area contributed by atoms with Crippen LogP contribution in [0.3, 0.4) is 0 Å². The molecule has 8 nitrogen and oxygen atoms in total. The maximum absolute atomic E-state index is 12.4. The molecule has 3 N–H and O–H groups in total. The van der Waals surface area contributed by atoms with Gasteiger partial charge in [-0.2, -0.15) is 0 Å². The lowest BCUT2D eigenvalue weighted by Gasteiger charge is -2.12. The number of hydrogen-bond acceptors (Lipinski definition) is 6. The topological polar surface area (TPSA) is 97.9 Å². The summed E-state index contributed by atoms with van der Waals surface area (Å²) in [6.45, 7) is 2.29. The Labute approximate surface area is 182 Å². The molecule has 8 heteroatoms. The fraction of sp³-hybridized carbons (Fsp3) is 0.391. The molecule has 1 aliphatic heterocycles. The number of amides is 2. The van der Waals surface area contributed by atoms with E-state index in [0.717, 1.165) is 25.1 Å². The van der Waals surface area contributed by atoms with Crippen LogP contribution in [0.4, 0.5) is 11.4 Å². The van der Waals surface area contributed by atoms with Crippen molar-refractivity contribution in [3.8, 4) is 5.75 Å². The molecule has 0 bridgehead atoms. The van der Waals surface area contributed by atoms with Gasteiger partial charge in [0.25, 0.3) is 5.91 Å². The Morgan fingerprint density at radius 2 is 1.94 bits per heavy atom. The highest BCUT2D eigenvalue weighted by atomic mass is 16.5. The third kappa shape index (κ3) is 7.58. The lowest BCUT2D eigenvalue weighted by molar-refractivity contribution is -0.114. The van der Waals surface area contributed by atoms with Crippen LogP contribution >= 0.6 is 0 Å². The first-order chi connectivity index (χ1) is 15.1. The summed E-state index contributed by atoms with van der Waals surface area (Å²) in [5.41, 5.74) is 1.82. The number of anilines is 2. The summed E-state index contributed by atoms with van der Waals surface area (Å²) in [5, 5.41) is 8.76. The Hall–Kier alpha value is -3.10. The van der Waals surface area contributed by atoms with Crippen LogP contribution in [-0.2, 0) is 14.3 Å². The van der Waals surface area contributed by atoms with E-state index in [1.165, 1.54) is 0 Å². The van der Waals surface area contributed by atoms with E-state index in [0.29, 0.717) is 36.8 Å². The standard InChI is InChI=1S/C23H29N3O5/c1-29-11-12-31-20-8-3-6-18(14-20)24-16-22(27)26-19-7-2-5-17(13-19)23(28)25-15-21-9-4-10-30-21/h2-3,5-8,13-14,21,24H,4,9-12,15-16H2,1H3,(H,25,28)(H,26,27). The zero-order chi connectivity index (χ0) is 21.9. The van der Waals surface area contributed by atoms with Crippen LogP contribution in [0, 0.1) is 0 Å². The molecule has 2 aromatic carbocycles. The van der Waals surface area contributed by atoms with Gasteiger partial charge in [0.1, 0.15) is 12.4 Å². The second kappa shape index (κ2) is 11.9. The molecule has 1 fully saturated rings. The number of rotatable bonds is 11. The van der Waals surface area contributed by atoms with Gasteiger partial charge in [0, 0.05) is 43.3 Å². The van der Waals surface area contributed by atoms with E-state index in [4.69, 9.17) is 14.2 Å². The summed E-state index contributed by atoms with van der Waals surface area (Å²) in [5.74, 6) is 0.293. The third-order valence-corrected chi connectivity index (χ3v) is 4.77. The van der Waals surface area contributed by atoms with Crippen molar-refractivity contribution in [3.05, 3.63) is 54.1 Å². The molecule has 3 rings (SSSR count). The molecule has 0 aliphatic carbocycles. The van der Waals surface area contributed by atoms with Crippen molar-refractivity contribution in [2.75, 3.05) is 50.7 Å². The van der Waals surface area contributed by atoms with Crippen molar-refractivity contribution >= 4 is 23.2 Å². The Kier molecular flexibility index (Phi) is 8.69. The van der Waals surface area contributed by atoms with E-state index in [1.807, 2.05) is 24.3 Å². The van der Waals surface area contributed by atoms with Crippen LogP contribution in [0.25, 0.3) is 0 Å². The Morgan fingerprint density at radius 3 is 2.74 bits per heavy atom. The molecule has 0 aromatic heterocycles. The van der Waals surface area contributed by atoms with Gasteiger partial charge >= 0.3 is 0 Å². The highest BCUT2D eigenvalue weighted by molar-refractivity contribution is 5.98. The van der Waals surface area contributed by atoms with Crippen LogP contribution < -0.4 is 20.7 Å². The van der Waals surface area contributed by atoms with Gasteiger partial charge in [0.2, 0.25) is 5.91 Å². The van der Waals surface area contributed by atoms with Crippen LogP contribution in [0.5, 0.6) is 5.75 Å². The quantitative estimate of drug-likeness (QED) is 0.477. The van der Waals surface area contributed by atoms with E-state index in [9.17, 15) is 9.59 Å². The second-order valence-electron chi connectivity index (χ2n) is 7.20. The normalized spacial score (nSPS) is 15.3. The smallest absolute Gasteiger partial charge is 0.251 e. The summed E-state index contributed by atoms with van der Waals surface area (Å²) in [6.07, 6.45) is 2.08. The maximum Gasteiger partial charge on any atom is 0.251 e. The van der Waals surface area contributed by atoms with Gasteiger partial charge in [-0.3, -0.25) is 9.59 Å². The van der Waals surface area contributed by atoms with Crippen LogP contribution in [-0.4, -0.2) is 57.9 Å². The van der Waals surface area contributed by atoms with E-state index < -0.39 is 0 Å². The molecule has 1 saturated heterocycles. The molecule has 1 heterocycles. The lowest BCUT2D eigenvalue weighted by atomic mass is 10.1. The van der Waals surface area contributed by atoms with Crippen molar-refractivity contribution in [1.29, 1.82) is 0 Å². The number of ether oxygens (including phenoxy) is 3. The first-order valence-electron chi connectivity index (χ1n) is 10.4. The number of hydrogen-bond donors (Lipinski definition) is 3. The van der Waals surface area contributed by atoms with Crippen LogP contribution in [0.1, 0.15) is 23.2 Å². The lowest BCUT2D eigenvalue weighted by Crippen LogP contribution is -2.31. The predicted octanol–water partition coefficient (Wildman–Crippen LogP) is 2.67. The van der Waals surface area contributed by atoms with E-state index in [2.05, 4.69) is 16.0 Å². The molecule has 0 saturated carbocycles. The average molecular weight is 428 g/mol. The number of methoxy groups -OCH3 is 1. The van der Waals surface area contributed by atoms with E-state index >= 15 is 0 Å². The zero-order valence-corrected chi connectivity index (χ0v) is 17.7. The summed E-state index contributed by atoms with van der Waals surface area (Å²) >= 11 is 0. The van der Waals surface area contributed by atoms with Crippen LogP contribution in [0.2, 0.25) is 0 Å². The highest BCUT2D eigenvalue weighted by Gasteiger charge is 2.17. The van der Waals surface area contributed by atoms with Crippen molar-refractivity contribution in [3.63, 3.8) is 0 Å². The molecule has 1 atom stereocenters. The molecule has 1 aliphatic rings. The molecule has 0 spiro atoms. The fourth-order valence-corrected chi connectivity index (χ4v) is 3.18. The average Bonchev–Trinajstić information content (AvgIpc) is 3.30. The van der Waals surface area contributed by atoms with Crippen molar-refractivity contribution in [1.82, 2.24) is 5.32 Å². The third-order valence-electron chi connectivity index (χ3n) is 4.77. The SMILES string of the molecule is COCCOc1cccc(NCC(=O)Nc2cccc(C(=O)NCC3CCCO3)c2)c1. The fourth-order valence-electron chi connectivity index (χ4n) is 3.18. The molecule has 2 aromatic rings. The minimum Gasteiger partial charge on any atom is -0.491 e. The van der Waals surface area contributed by atoms with E-state index in [1.54, 1.807) is 31.4 Å². The highest BCUT2D eigenvalue weighted by Crippen LogP contribution is 2.17. The molecule has 31 heavy (non-hydrogen) atoms. The summed E-state index contributed by atoms with van der Waals surface area (Å²) in [6, 6.07) is 14.2. The number of carbonyl (C=O) groups excluding carboxylic acids is 2. The van der Waals surface area contributed by atoms with Gasteiger partial charge in [-0.1, -0.05) is 12.1 Å². The van der Waals surface area contributed by atoms with Gasteiger partial charge in [-0.05, 0) is 43.2 Å². The summed E-state index contributed by atoms with van der Waals surface area (Å²) in [4.78, 5) is 24.7. The second-order valence-corrected chi connectivity index (χ2v) is 7.20. The van der Waals surface area contributed by atoms with Gasteiger partial charge in [-0.15, -0.1) is 0 Å². The monoisotopic (exact) mass is 427 g/mol. The number of nitrogens with one attached hydrogen (secondary N) is 3. The molecule has 2 amide bonds. The predicted molar refractivity (Wildman–Crippen MR) is 119 cm³/mol. The Balaban J connectivity index is 1.46. The van der Waals surface area contributed by atoms with Gasteiger partial charge in [-0.25, -0.2) is 0 Å². The summed E-state index contributed by atoms with van der Waals surface area (Å²) < 4.78 is 16.0. The summed E-state index contributed by atoms with van der Waals surface area (Å²) in [7, 11) is 1.62. The van der Waals surface area contributed by atoms with Crippen LogP contribution in [0.15, 0.2) is 48.5 Å². The maximum atomic E-state index is 12.4. The Bertz CT molecular complexity index is 868. The van der Waals surface area contributed by atoms with Crippen molar-refractivity contribution in [2.45, 2.75) is 18.9 Å². The molecule has 0 radical (unpaired) electrons. The first kappa shape index (κ1) is 22.6. The molecular formula is C23H29N3O5. The molecule has 166 valence electrons.